The molecule has 25 heavy (non-hydrogen) atoms. The van der Waals surface area contributed by atoms with Crippen molar-refractivity contribution in [1.29, 1.82) is 0 Å². The summed E-state index contributed by atoms with van der Waals surface area (Å²) in [6, 6.07) is 7.54. The van der Waals surface area contributed by atoms with Crippen molar-refractivity contribution in [2.45, 2.75) is 19.4 Å². The third-order valence-corrected chi connectivity index (χ3v) is 5.04. The molecule has 0 spiro atoms. The predicted octanol–water partition coefficient (Wildman–Crippen LogP) is 1.54. The van der Waals surface area contributed by atoms with Crippen LogP contribution in [-0.2, 0) is 20.8 Å². The lowest BCUT2D eigenvalue weighted by atomic mass is 9.94. The average Bonchev–Trinajstić information content (AvgIpc) is 2.68. The number of amides is 1. The Balaban J connectivity index is 1.47. The second-order valence-electron chi connectivity index (χ2n) is 6.68. The molecule has 6 nitrogen and oxygen atoms in total. The normalized spacial score (nSPS) is 19.6. The molecular formula is C19H26N2O4. The summed E-state index contributed by atoms with van der Waals surface area (Å²) in [5, 5.41) is 0. The molecular weight excluding hydrogens is 320 g/mol. The van der Waals surface area contributed by atoms with Crippen LogP contribution in [0.1, 0.15) is 28.8 Å². The van der Waals surface area contributed by atoms with Crippen LogP contribution in [0.5, 0.6) is 0 Å². The number of hydrogen-bond acceptors (Lipinski definition) is 5. The zero-order chi connectivity index (χ0) is 17.6. The van der Waals surface area contributed by atoms with Gasteiger partial charge in [0.2, 0.25) is 5.91 Å². The third-order valence-electron chi connectivity index (χ3n) is 5.04. The van der Waals surface area contributed by atoms with Gasteiger partial charge in [0.15, 0.2) is 0 Å². The van der Waals surface area contributed by atoms with Crippen LogP contribution in [0.15, 0.2) is 24.3 Å². The first-order valence-corrected chi connectivity index (χ1v) is 8.93. The maximum Gasteiger partial charge on any atom is 0.337 e. The van der Waals surface area contributed by atoms with Gasteiger partial charge in [0.1, 0.15) is 0 Å². The van der Waals surface area contributed by atoms with E-state index in [2.05, 4.69) is 4.90 Å². The van der Waals surface area contributed by atoms with E-state index in [1.54, 1.807) is 12.1 Å². The van der Waals surface area contributed by atoms with Gasteiger partial charge in [0.05, 0.1) is 25.9 Å². The van der Waals surface area contributed by atoms with E-state index >= 15 is 0 Å². The topological polar surface area (TPSA) is 59.1 Å². The van der Waals surface area contributed by atoms with Gasteiger partial charge in [-0.25, -0.2) is 4.79 Å². The molecule has 2 heterocycles. The predicted molar refractivity (Wildman–Crippen MR) is 93.2 cm³/mol. The average molecular weight is 346 g/mol. The number of nitrogens with zero attached hydrogens (tertiary/aromatic N) is 2. The zero-order valence-electron chi connectivity index (χ0n) is 14.8. The van der Waals surface area contributed by atoms with Gasteiger partial charge in [-0.2, -0.15) is 0 Å². The second-order valence-corrected chi connectivity index (χ2v) is 6.68. The van der Waals surface area contributed by atoms with Gasteiger partial charge in [0.25, 0.3) is 0 Å². The van der Waals surface area contributed by atoms with Crippen LogP contribution in [0.3, 0.4) is 0 Å². The van der Waals surface area contributed by atoms with Gasteiger partial charge in [-0.3, -0.25) is 9.69 Å². The number of ether oxygens (including phenoxy) is 2. The Hall–Kier alpha value is -1.92. The van der Waals surface area contributed by atoms with Crippen molar-refractivity contribution in [2.24, 2.45) is 5.92 Å². The monoisotopic (exact) mass is 346 g/mol. The number of methoxy groups -OCH3 is 1. The molecule has 2 saturated heterocycles. The van der Waals surface area contributed by atoms with E-state index < -0.39 is 0 Å². The number of benzene rings is 1. The number of hydrogen-bond donors (Lipinski definition) is 0. The van der Waals surface area contributed by atoms with Crippen LogP contribution in [0.2, 0.25) is 0 Å². The molecule has 0 radical (unpaired) electrons. The molecule has 0 N–H and O–H groups in total. The summed E-state index contributed by atoms with van der Waals surface area (Å²) in [4.78, 5) is 28.3. The Morgan fingerprint density at radius 2 is 1.72 bits per heavy atom. The largest absolute Gasteiger partial charge is 0.465 e. The maximum atomic E-state index is 12.6. The molecule has 1 aromatic carbocycles. The van der Waals surface area contributed by atoms with Crippen LogP contribution in [0.25, 0.3) is 0 Å². The molecule has 0 aliphatic carbocycles. The number of esters is 1. The van der Waals surface area contributed by atoms with Crippen LogP contribution in [0.4, 0.5) is 0 Å². The summed E-state index contributed by atoms with van der Waals surface area (Å²) >= 11 is 0. The minimum absolute atomic E-state index is 0.149. The molecule has 0 unspecified atom stereocenters. The standard InChI is InChI=1S/C19H26N2O4/c1-24-19(23)17-4-2-15(3-5-17)14-20-8-6-16(7-9-20)18(22)21-10-12-25-13-11-21/h2-5,16H,6-14H2,1H3. The lowest BCUT2D eigenvalue weighted by molar-refractivity contribution is -0.141. The van der Waals surface area contributed by atoms with Gasteiger partial charge < -0.3 is 14.4 Å². The number of rotatable bonds is 4. The summed E-state index contributed by atoms with van der Waals surface area (Å²) in [5.74, 6) is 0.135. The van der Waals surface area contributed by atoms with Gasteiger partial charge in [-0.1, -0.05) is 12.1 Å². The van der Waals surface area contributed by atoms with Crippen molar-refractivity contribution in [3.8, 4) is 0 Å². The maximum absolute atomic E-state index is 12.6. The summed E-state index contributed by atoms with van der Waals surface area (Å²) in [6.45, 7) is 5.48. The highest BCUT2D eigenvalue weighted by Gasteiger charge is 2.29. The van der Waals surface area contributed by atoms with E-state index in [4.69, 9.17) is 9.47 Å². The van der Waals surface area contributed by atoms with Crippen molar-refractivity contribution in [1.82, 2.24) is 9.80 Å². The molecule has 0 bridgehead atoms. The minimum atomic E-state index is -0.311. The molecule has 1 amide bonds. The molecule has 0 aromatic heterocycles. The fraction of sp³-hybridized carbons (Fsp3) is 0.579. The first-order valence-electron chi connectivity index (χ1n) is 8.93. The Kier molecular flexibility index (Phi) is 6.04. The first kappa shape index (κ1) is 17.9. The van der Waals surface area contributed by atoms with Crippen LogP contribution < -0.4 is 0 Å². The highest BCUT2D eigenvalue weighted by atomic mass is 16.5. The van der Waals surface area contributed by atoms with Gasteiger partial charge in [-0.15, -0.1) is 0 Å². The second kappa shape index (κ2) is 8.45. The first-order chi connectivity index (χ1) is 12.2. The van der Waals surface area contributed by atoms with Crippen molar-refractivity contribution in [3.05, 3.63) is 35.4 Å². The minimum Gasteiger partial charge on any atom is -0.465 e. The van der Waals surface area contributed by atoms with Gasteiger partial charge >= 0.3 is 5.97 Å². The number of carbonyl (C=O) groups is 2. The molecule has 1 aromatic rings. The Labute approximate surface area is 148 Å². The van der Waals surface area contributed by atoms with Crippen molar-refractivity contribution in [3.63, 3.8) is 0 Å². The van der Waals surface area contributed by atoms with Crippen molar-refractivity contribution < 1.29 is 19.1 Å². The highest BCUT2D eigenvalue weighted by Crippen LogP contribution is 2.22. The van der Waals surface area contributed by atoms with Crippen LogP contribution >= 0.6 is 0 Å². The Bertz CT molecular complexity index is 588. The molecule has 0 atom stereocenters. The lowest BCUT2D eigenvalue weighted by Crippen LogP contribution is -2.46. The third kappa shape index (κ3) is 4.58. The molecule has 2 aliphatic heterocycles. The quantitative estimate of drug-likeness (QED) is 0.774. The smallest absolute Gasteiger partial charge is 0.337 e. The molecule has 136 valence electrons. The fourth-order valence-electron chi connectivity index (χ4n) is 3.50. The van der Waals surface area contributed by atoms with Crippen molar-refractivity contribution in [2.75, 3.05) is 46.5 Å². The van der Waals surface area contributed by atoms with E-state index in [9.17, 15) is 9.59 Å². The summed E-state index contributed by atoms with van der Waals surface area (Å²) in [5.41, 5.74) is 1.74. The number of morpholine rings is 1. The summed E-state index contributed by atoms with van der Waals surface area (Å²) in [6.07, 6.45) is 1.83. The van der Waals surface area contributed by atoms with E-state index in [0.29, 0.717) is 24.7 Å². The summed E-state index contributed by atoms with van der Waals surface area (Å²) in [7, 11) is 1.39. The Morgan fingerprint density at radius 3 is 2.32 bits per heavy atom. The summed E-state index contributed by atoms with van der Waals surface area (Å²) < 4.78 is 10.0. The molecule has 2 fully saturated rings. The van der Waals surface area contributed by atoms with E-state index in [-0.39, 0.29) is 11.9 Å². The van der Waals surface area contributed by atoms with Gasteiger partial charge in [-0.05, 0) is 43.6 Å². The number of piperidine rings is 1. The van der Waals surface area contributed by atoms with Crippen molar-refractivity contribution >= 4 is 11.9 Å². The van der Waals surface area contributed by atoms with E-state index in [1.807, 2.05) is 17.0 Å². The Morgan fingerprint density at radius 1 is 1.08 bits per heavy atom. The SMILES string of the molecule is COC(=O)c1ccc(CN2CCC(C(=O)N3CCOCC3)CC2)cc1. The molecule has 0 saturated carbocycles. The number of carbonyl (C=O) groups excluding carboxylic acids is 2. The van der Waals surface area contributed by atoms with E-state index in [1.165, 1.54) is 12.7 Å². The molecule has 2 aliphatic rings. The highest BCUT2D eigenvalue weighted by molar-refractivity contribution is 5.89. The van der Waals surface area contributed by atoms with Crippen LogP contribution in [-0.4, -0.2) is 68.2 Å². The lowest BCUT2D eigenvalue weighted by Gasteiger charge is -2.35. The number of likely N-dealkylation sites (tertiary alicyclic amines) is 1. The van der Waals surface area contributed by atoms with E-state index in [0.717, 1.165) is 45.6 Å². The van der Waals surface area contributed by atoms with Crippen LogP contribution in [0, 0.1) is 5.92 Å². The van der Waals surface area contributed by atoms with Gasteiger partial charge in [0, 0.05) is 25.6 Å². The fourth-order valence-corrected chi connectivity index (χ4v) is 3.50. The molecule has 6 heteroatoms. The molecule has 3 rings (SSSR count). The zero-order valence-corrected chi connectivity index (χ0v) is 14.8.